The predicted octanol–water partition coefficient (Wildman–Crippen LogP) is 4.90. The third-order valence-corrected chi connectivity index (χ3v) is 4.26. The number of aromatic amines is 1. The lowest BCUT2D eigenvalue weighted by Crippen LogP contribution is -2.07. The van der Waals surface area contributed by atoms with Gasteiger partial charge in [-0.15, -0.1) is 0 Å². The lowest BCUT2D eigenvalue weighted by molar-refractivity contribution is 0.0521. The van der Waals surface area contributed by atoms with Gasteiger partial charge in [0.25, 0.3) is 0 Å². The van der Waals surface area contributed by atoms with Crippen molar-refractivity contribution in [2.45, 2.75) is 20.3 Å². The van der Waals surface area contributed by atoms with Crippen LogP contribution in [0.15, 0.2) is 54.7 Å². The van der Waals surface area contributed by atoms with Crippen molar-refractivity contribution >= 4 is 5.97 Å². The number of esters is 1. The van der Waals surface area contributed by atoms with E-state index in [1.165, 1.54) is 6.07 Å². The minimum Gasteiger partial charge on any atom is -0.461 e. The van der Waals surface area contributed by atoms with E-state index in [9.17, 15) is 9.18 Å². The van der Waals surface area contributed by atoms with Gasteiger partial charge in [-0.3, -0.25) is 0 Å². The molecule has 0 bridgehead atoms. The fourth-order valence-corrected chi connectivity index (χ4v) is 2.95. The van der Waals surface area contributed by atoms with Gasteiger partial charge in [0.1, 0.15) is 11.5 Å². The van der Waals surface area contributed by atoms with E-state index in [1.54, 1.807) is 26.1 Å². The first kappa shape index (κ1) is 17.0. The minimum atomic E-state index is -0.386. The van der Waals surface area contributed by atoms with Gasteiger partial charge in [0.05, 0.1) is 6.61 Å². The van der Waals surface area contributed by atoms with E-state index in [1.807, 2.05) is 36.4 Å². The largest absolute Gasteiger partial charge is 0.461 e. The van der Waals surface area contributed by atoms with E-state index in [0.29, 0.717) is 24.3 Å². The SMILES string of the molecule is CCOC(=O)c1[nH]cc(Cc2cccc(F)c2C)c1-c1ccccc1. The molecule has 3 aromatic rings. The molecule has 0 unspecified atom stereocenters. The molecule has 25 heavy (non-hydrogen) atoms. The Labute approximate surface area is 146 Å². The second-order valence-corrected chi connectivity index (χ2v) is 5.85. The second kappa shape index (κ2) is 7.34. The first-order valence-corrected chi connectivity index (χ1v) is 8.28. The molecule has 128 valence electrons. The maximum atomic E-state index is 13.9. The number of rotatable bonds is 5. The van der Waals surface area contributed by atoms with Crippen molar-refractivity contribution in [2.75, 3.05) is 6.61 Å². The van der Waals surface area contributed by atoms with Gasteiger partial charge in [0, 0.05) is 11.8 Å². The molecule has 0 saturated heterocycles. The highest BCUT2D eigenvalue weighted by Crippen LogP contribution is 2.30. The third kappa shape index (κ3) is 3.48. The first-order chi connectivity index (χ1) is 12.1. The molecule has 1 aromatic heterocycles. The molecule has 3 nitrogen and oxygen atoms in total. The standard InChI is InChI=1S/C21H20FNO2/c1-3-25-21(24)20-19(15-8-5-4-6-9-15)17(13-23-20)12-16-10-7-11-18(22)14(16)2/h4-11,13,23H,3,12H2,1-2H3. The van der Waals surface area contributed by atoms with Crippen LogP contribution in [0.2, 0.25) is 0 Å². The van der Waals surface area contributed by atoms with Gasteiger partial charge in [-0.1, -0.05) is 42.5 Å². The molecule has 0 radical (unpaired) electrons. The van der Waals surface area contributed by atoms with Gasteiger partial charge >= 0.3 is 5.97 Å². The predicted molar refractivity (Wildman–Crippen MR) is 96.1 cm³/mol. The van der Waals surface area contributed by atoms with Crippen LogP contribution >= 0.6 is 0 Å². The Hall–Kier alpha value is -2.88. The molecule has 0 atom stereocenters. The summed E-state index contributed by atoms with van der Waals surface area (Å²) in [4.78, 5) is 15.4. The number of carbonyl (C=O) groups is 1. The van der Waals surface area contributed by atoms with Crippen LogP contribution in [0, 0.1) is 12.7 Å². The third-order valence-electron chi connectivity index (χ3n) is 4.26. The lowest BCUT2D eigenvalue weighted by Gasteiger charge is -2.10. The number of nitrogens with one attached hydrogen (secondary N) is 1. The average Bonchev–Trinajstić information content (AvgIpc) is 3.04. The van der Waals surface area contributed by atoms with E-state index >= 15 is 0 Å². The molecule has 0 spiro atoms. The lowest BCUT2D eigenvalue weighted by atomic mass is 9.95. The highest BCUT2D eigenvalue weighted by molar-refractivity contribution is 5.96. The Balaban J connectivity index is 2.08. The molecule has 4 heteroatoms. The Kier molecular flexibility index (Phi) is 4.98. The zero-order chi connectivity index (χ0) is 17.8. The summed E-state index contributed by atoms with van der Waals surface area (Å²) in [5.41, 5.74) is 4.62. The quantitative estimate of drug-likeness (QED) is 0.673. The number of H-pyrrole nitrogens is 1. The normalized spacial score (nSPS) is 10.7. The van der Waals surface area contributed by atoms with E-state index < -0.39 is 0 Å². The van der Waals surface area contributed by atoms with Crippen molar-refractivity contribution in [2.24, 2.45) is 0 Å². The van der Waals surface area contributed by atoms with Gasteiger partial charge in [-0.25, -0.2) is 9.18 Å². The highest BCUT2D eigenvalue weighted by Gasteiger charge is 2.20. The van der Waals surface area contributed by atoms with Crippen LogP contribution in [-0.2, 0) is 11.2 Å². The number of halogens is 1. The average molecular weight is 337 g/mol. The summed E-state index contributed by atoms with van der Waals surface area (Å²) in [5, 5.41) is 0. The van der Waals surface area contributed by atoms with Crippen molar-refractivity contribution < 1.29 is 13.9 Å². The van der Waals surface area contributed by atoms with E-state index in [-0.39, 0.29) is 11.8 Å². The van der Waals surface area contributed by atoms with Gasteiger partial charge in [-0.05, 0) is 48.6 Å². The van der Waals surface area contributed by atoms with Crippen molar-refractivity contribution in [3.05, 3.63) is 82.9 Å². The summed E-state index contributed by atoms with van der Waals surface area (Å²) in [6, 6.07) is 14.8. The Morgan fingerprint density at radius 1 is 1.08 bits per heavy atom. The Bertz CT molecular complexity index is 884. The fourth-order valence-electron chi connectivity index (χ4n) is 2.95. The van der Waals surface area contributed by atoms with Gasteiger partial charge in [-0.2, -0.15) is 0 Å². The van der Waals surface area contributed by atoms with Crippen LogP contribution in [0.3, 0.4) is 0 Å². The summed E-state index contributed by atoms with van der Waals surface area (Å²) in [6.45, 7) is 3.86. The van der Waals surface area contributed by atoms with E-state index in [2.05, 4.69) is 4.98 Å². The summed E-state index contributed by atoms with van der Waals surface area (Å²) in [6.07, 6.45) is 2.34. The van der Waals surface area contributed by atoms with Crippen molar-refractivity contribution in [1.29, 1.82) is 0 Å². The summed E-state index contributed by atoms with van der Waals surface area (Å²) in [7, 11) is 0. The van der Waals surface area contributed by atoms with Gasteiger partial charge in [0.2, 0.25) is 0 Å². The summed E-state index contributed by atoms with van der Waals surface area (Å²) in [5.74, 6) is -0.608. The molecule has 0 aliphatic heterocycles. The number of ether oxygens (including phenoxy) is 1. The number of hydrogen-bond donors (Lipinski definition) is 1. The maximum Gasteiger partial charge on any atom is 0.355 e. The smallest absolute Gasteiger partial charge is 0.355 e. The number of carbonyl (C=O) groups excluding carboxylic acids is 1. The first-order valence-electron chi connectivity index (χ1n) is 8.28. The van der Waals surface area contributed by atoms with Crippen LogP contribution in [0.1, 0.15) is 34.1 Å². The van der Waals surface area contributed by atoms with Crippen LogP contribution in [-0.4, -0.2) is 17.6 Å². The number of benzene rings is 2. The molecule has 1 heterocycles. The highest BCUT2D eigenvalue weighted by atomic mass is 19.1. The van der Waals surface area contributed by atoms with Crippen LogP contribution in [0.25, 0.3) is 11.1 Å². The zero-order valence-corrected chi connectivity index (χ0v) is 14.3. The molecular weight excluding hydrogens is 317 g/mol. The topological polar surface area (TPSA) is 42.1 Å². The van der Waals surface area contributed by atoms with Gasteiger partial charge < -0.3 is 9.72 Å². The van der Waals surface area contributed by atoms with Crippen molar-refractivity contribution in [1.82, 2.24) is 4.98 Å². The summed E-state index contributed by atoms with van der Waals surface area (Å²) < 4.78 is 19.0. The molecular formula is C21H20FNO2. The minimum absolute atomic E-state index is 0.222. The summed E-state index contributed by atoms with van der Waals surface area (Å²) >= 11 is 0. The Morgan fingerprint density at radius 3 is 2.56 bits per heavy atom. The van der Waals surface area contributed by atoms with Crippen molar-refractivity contribution in [3.8, 4) is 11.1 Å². The zero-order valence-electron chi connectivity index (χ0n) is 14.3. The molecule has 0 fully saturated rings. The Morgan fingerprint density at radius 2 is 1.84 bits per heavy atom. The molecule has 0 aliphatic rings. The molecule has 1 N–H and O–H groups in total. The maximum absolute atomic E-state index is 13.9. The fraction of sp³-hybridized carbons (Fsp3) is 0.190. The van der Waals surface area contributed by atoms with E-state index in [0.717, 1.165) is 22.3 Å². The molecule has 0 amide bonds. The molecule has 0 saturated carbocycles. The van der Waals surface area contributed by atoms with E-state index in [4.69, 9.17) is 4.74 Å². The van der Waals surface area contributed by atoms with Gasteiger partial charge in [0.15, 0.2) is 0 Å². The van der Waals surface area contributed by atoms with Crippen LogP contribution in [0.5, 0.6) is 0 Å². The van der Waals surface area contributed by atoms with Crippen molar-refractivity contribution in [3.63, 3.8) is 0 Å². The monoisotopic (exact) mass is 337 g/mol. The van der Waals surface area contributed by atoms with Crippen LogP contribution < -0.4 is 0 Å². The molecule has 2 aromatic carbocycles. The number of aromatic nitrogens is 1. The number of hydrogen-bond acceptors (Lipinski definition) is 2. The second-order valence-electron chi connectivity index (χ2n) is 5.85. The van der Waals surface area contributed by atoms with Crippen LogP contribution in [0.4, 0.5) is 4.39 Å². The molecule has 3 rings (SSSR count). The molecule has 0 aliphatic carbocycles.